The van der Waals surface area contributed by atoms with Crippen molar-refractivity contribution in [1.29, 1.82) is 0 Å². The molecule has 2 N–H and O–H groups in total. The van der Waals surface area contributed by atoms with Crippen molar-refractivity contribution >= 4 is 11.8 Å². The number of methoxy groups -OCH3 is 1. The van der Waals surface area contributed by atoms with Crippen LogP contribution in [-0.2, 0) is 9.53 Å². The molecule has 1 aromatic rings. The minimum Gasteiger partial charge on any atom is -0.467 e. The Kier molecular flexibility index (Phi) is 4.18. The third-order valence-electron chi connectivity index (χ3n) is 6.42. The van der Waals surface area contributed by atoms with Crippen LogP contribution in [0.4, 0.5) is 0 Å². The zero-order valence-corrected chi connectivity index (χ0v) is 15.3. The number of amides is 2. The maximum atomic E-state index is 12.7. The number of nitrogens with one attached hydrogen (secondary N) is 2. The minimum absolute atomic E-state index is 0.0543. The normalized spacial score (nSPS) is 34.8. The standard InChI is InChI=1S/C20H26N2O4/c1-19-8-7-13(11-15(19)18(24)21-9-10-25-2)20(12-19)22-17(23)14-5-3-4-6-16(14)26-20/h3-6,13,15H,7-12H2,1-2H3,(H,21,24)(H,22,23)/t13-,15-,19+,20-/m1/s1. The van der Waals surface area contributed by atoms with E-state index in [0.717, 1.165) is 19.3 Å². The molecule has 140 valence electrons. The predicted octanol–water partition coefficient (Wildman–Crippen LogP) is 2.09. The SMILES string of the molecule is COCCNC(=O)[C@H]1C[C@H]2CC[C@@]1(C)C[C@]21NC(=O)c2ccccc2O1. The Hall–Kier alpha value is -2.08. The number of benzene rings is 1. The molecule has 0 unspecified atom stereocenters. The lowest BCUT2D eigenvalue weighted by atomic mass is 9.52. The molecule has 4 atom stereocenters. The molecule has 26 heavy (non-hydrogen) atoms. The maximum absolute atomic E-state index is 12.7. The molecule has 2 bridgehead atoms. The van der Waals surface area contributed by atoms with Crippen molar-refractivity contribution < 1.29 is 19.1 Å². The van der Waals surface area contributed by atoms with Gasteiger partial charge < -0.3 is 20.1 Å². The van der Waals surface area contributed by atoms with Crippen molar-refractivity contribution in [2.24, 2.45) is 17.3 Å². The zero-order chi connectivity index (χ0) is 18.4. The molecule has 3 fully saturated rings. The van der Waals surface area contributed by atoms with Crippen LogP contribution in [0.2, 0.25) is 0 Å². The van der Waals surface area contributed by atoms with Gasteiger partial charge in [-0.15, -0.1) is 0 Å². The van der Waals surface area contributed by atoms with Crippen LogP contribution in [0.5, 0.6) is 5.75 Å². The quantitative estimate of drug-likeness (QED) is 0.808. The van der Waals surface area contributed by atoms with Gasteiger partial charge >= 0.3 is 0 Å². The molecule has 1 aromatic carbocycles. The Morgan fingerprint density at radius 3 is 3.00 bits per heavy atom. The molecule has 3 saturated carbocycles. The van der Waals surface area contributed by atoms with Crippen LogP contribution in [-0.4, -0.2) is 37.8 Å². The van der Waals surface area contributed by atoms with Gasteiger partial charge in [-0.2, -0.15) is 0 Å². The summed E-state index contributed by atoms with van der Waals surface area (Å²) in [7, 11) is 1.63. The molecule has 1 spiro atoms. The van der Waals surface area contributed by atoms with Gasteiger partial charge in [0.2, 0.25) is 5.91 Å². The van der Waals surface area contributed by atoms with Gasteiger partial charge in [0.1, 0.15) is 5.75 Å². The smallest absolute Gasteiger partial charge is 0.258 e. The van der Waals surface area contributed by atoms with E-state index in [4.69, 9.17) is 9.47 Å². The number of hydrogen-bond donors (Lipinski definition) is 2. The Balaban J connectivity index is 1.57. The Bertz CT molecular complexity index is 736. The molecule has 1 aliphatic heterocycles. The molecule has 0 saturated heterocycles. The monoisotopic (exact) mass is 358 g/mol. The second kappa shape index (κ2) is 6.27. The third kappa shape index (κ3) is 2.67. The lowest BCUT2D eigenvalue weighted by Crippen LogP contribution is -2.69. The molecule has 5 rings (SSSR count). The number of carbonyl (C=O) groups is 2. The van der Waals surface area contributed by atoms with Crippen LogP contribution in [0.25, 0.3) is 0 Å². The van der Waals surface area contributed by atoms with Crippen LogP contribution in [0.15, 0.2) is 24.3 Å². The second-order valence-corrected chi connectivity index (χ2v) is 8.08. The Morgan fingerprint density at radius 2 is 2.23 bits per heavy atom. The number of hydrogen-bond acceptors (Lipinski definition) is 4. The fourth-order valence-corrected chi connectivity index (χ4v) is 5.06. The summed E-state index contributed by atoms with van der Waals surface area (Å²) in [5.41, 5.74) is -0.300. The van der Waals surface area contributed by atoms with Crippen molar-refractivity contribution in [3.05, 3.63) is 29.8 Å². The summed E-state index contributed by atoms with van der Waals surface area (Å²) < 4.78 is 11.4. The molecular weight excluding hydrogens is 332 g/mol. The molecule has 3 aliphatic carbocycles. The van der Waals surface area contributed by atoms with E-state index in [0.29, 0.717) is 30.9 Å². The summed E-state index contributed by atoms with van der Waals surface area (Å²) in [4.78, 5) is 25.4. The lowest BCUT2D eigenvalue weighted by Gasteiger charge is -2.59. The lowest BCUT2D eigenvalue weighted by molar-refractivity contribution is -0.167. The minimum atomic E-state index is -0.693. The maximum Gasteiger partial charge on any atom is 0.258 e. The first kappa shape index (κ1) is 17.3. The van der Waals surface area contributed by atoms with Gasteiger partial charge in [0.15, 0.2) is 5.72 Å². The molecular formula is C20H26N2O4. The summed E-state index contributed by atoms with van der Waals surface area (Å²) >= 11 is 0. The average Bonchev–Trinajstić information content (AvgIpc) is 2.61. The molecule has 0 aromatic heterocycles. The fraction of sp³-hybridized carbons (Fsp3) is 0.600. The number of ether oxygens (including phenoxy) is 2. The largest absolute Gasteiger partial charge is 0.467 e. The van der Waals surface area contributed by atoms with Crippen molar-refractivity contribution in [3.63, 3.8) is 0 Å². The van der Waals surface area contributed by atoms with Gasteiger partial charge in [-0.3, -0.25) is 9.59 Å². The van der Waals surface area contributed by atoms with E-state index in [2.05, 4.69) is 17.6 Å². The fourth-order valence-electron chi connectivity index (χ4n) is 5.06. The number of rotatable bonds is 4. The molecule has 0 radical (unpaired) electrons. The number of carbonyl (C=O) groups excluding carboxylic acids is 2. The average molecular weight is 358 g/mol. The molecule has 6 heteroatoms. The summed E-state index contributed by atoms with van der Waals surface area (Å²) in [6.45, 7) is 3.19. The van der Waals surface area contributed by atoms with Gasteiger partial charge in [-0.25, -0.2) is 0 Å². The summed E-state index contributed by atoms with van der Waals surface area (Å²) in [6.07, 6.45) is 3.33. The molecule has 1 heterocycles. The zero-order valence-electron chi connectivity index (χ0n) is 15.3. The van der Waals surface area contributed by atoms with Crippen LogP contribution in [0.1, 0.15) is 43.0 Å². The Labute approximate surface area is 153 Å². The summed E-state index contributed by atoms with van der Waals surface area (Å²) in [5, 5.41) is 6.13. The van der Waals surface area contributed by atoms with Gasteiger partial charge in [0.05, 0.1) is 12.2 Å². The highest BCUT2D eigenvalue weighted by Gasteiger charge is 2.61. The van der Waals surface area contributed by atoms with Gasteiger partial charge in [-0.05, 0) is 36.8 Å². The second-order valence-electron chi connectivity index (χ2n) is 8.08. The molecule has 4 aliphatic rings. The van der Waals surface area contributed by atoms with E-state index in [9.17, 15) is 9.59 Å². The van der Waals surface area contributed by atoms with Crippen LogP contribution in [0.3, 0.4) is 0 Å². The van der Waals surface area contributed by atoms with Crippen molar-refractivity contribution in [1.82, 2.24) is 10.6 Å². The number of para-hydroxylation sites is 1. The van der Waals surface area contributed by atoms with Gasteiger partial charge in [0.25, 0.3) is 5.91 Å². The van der Waals surface area contributed by atoms with E-state index < -0.39 is 5.72 Å². The van der Waals surface area contributed by atoms with Crippen molar-refractivity contribution in [2.75, 3.05) is 20.3 Å². The first-order chi connectivity index (χ1) is 12.5. The van der Waals surface area contributed by atoms with E-state index >= 15 is 0 Å². The highest BCUT2D eigenvalue weighted by molar-refractivity contribution is 5.98. The van der Waals surface area contributed by atoms with E-state index in [1.165, 1.54) is 0 Å². The van der Waals surface area contributed by atoms with Crippen molar-refractivity contribution in [2.45, 2.75) is 38.3 Å². The molecule has 6 nitrogen and oxygen atoms in total. The van der Waals surface area contributed by atoms with E-state index in [-0.39, 0.29) is 29.1 Å². The predicted molar refractivity (Wildman–Crippen MR) is 95.7 cm³/mol. The highest BCUT2D eigenvalue weighted by Crippen LogP contribution is 2.58. The first-order valence-electron chi connectivity index (χ1n) is 9.35. The number of fused-ring (bicyclic) bond motifs is 3. The third-order valence-corrected chi connectivity index (χ3v) is 6.42. The van der Waals surface area contributed by atoms with E-state index in [1.807, 2.05) is 18.2 Å². The van der Waals surface area contributed by atoms with Crippen molar-refractivity contribution in [3.8, 4) is 5.75 Å². The van der Waals surface area contributed by atoms with Crippen LogP contribution < -0.4 is 15.4 Å². The van der Waals surface area contributed by atoms with E-state index in [1.54, 1.807) is 13.2 Å². The van der Waals surface area contributed by atoms with Crippen LogP contribution in [0, 0.1) is 17.3 Å². The van der Waals surface area contributed by atoms with Crippen LogP contribution >= 0.6 is 0 Å². The summed E-state index contributed by atoms with van der Waals surface area (Å²) in [5.74, 6) is 0.741. The Morgan fingerprint density at radius 1 is 1.42 bits per heavy atom. The topological polar surface area (TPSA) is 76.7 Å². The highest BCUT2D eigenvalue weighted by atomic mass is 16.5. The first-order valence-corrected chi connectivity index (χ1v) is 9.35. The van der Waals surface area contributed by atoms with Gasteiger partial charge in [0, 0.05) is 31.9 Å². The molecule has 2 amide bonds. The van der Waals surface area contributed by atoms with Gasteiger partial charge in [-0.1, -0.05) is 19.1 Å². The summed E-state index contributed by atoms with van der Waals surface area (Å²) in [6, 6.07) is 7.37.